The van der Waals surface area contributed by atoms with E-state index in [1.807, 2.05) is 6.07 Å². The first-order valence-electron chi connectivity index (χ1n) is 6.70. The third-order valence-corrected chi connectivity index (χ3v) is 4.87. The summed E-state index contributed by atoms with van der Waals surface area (Å²) in [6.07, 6.45) is 5.83. The minimum atomic E-state index is 0.481. The minimum absolute atomic E-state index is 0.481. The lowest BCUT2D eigenvalue weighted by Gasteiger charge is -2.28. The second-order valence-electron chi connectivity index (χ2n) is 5.71. The van der Waals surface area contributed by atoms with Crippen molar-refractivity contribution in [3.8, 4) is 0 Å². The third-order valence-electron chi connectivity index (χ3n) is 4.66. The lowest BCUT2D eigenvalue weighted by molar-refractivity contribution is 0.255. The standard InChI is InChI=1S/C14H20ClNO/c1-9(13-7-10-2-3-11(13)6-10)16-8-12-4-5-14(15)17-12/h4-5,9-11,13,16H,2-3,6-8H2,1H3. The molecule has 3 rings (SSSR count). The van der Waals surface area contributed by atoms with Crippen LogP contribution in [0.4, 0.5) is 0 Å². The van der Waals surface area contributed by atoms with E-state index in [-0.39, 0.29) is 0 Å². The molecule has 17 heavy (non-hydrogen) atoms. The molecule has 2 aliphatic rings. The van der Waals surface area contributed by atoms with Crippen molar-refractivity contribution in [1.82, 2.24) is 5.32 Å². The summed E-state index contributed by atoms with van der Waals surface area (Å²) in [5, 5.41) is 4.07. The van der Waals surface area contributed by atoms with Crippen LogP contribution >= 0.6 is 11.6 Å². The van der Waals surface area contributed by atoms with Crippen molar-refractivity contribution in [2.75, 3.05) is 0 Å². The van der Waals surface area contributed by atoms with Gasteiger partial charge in [-0.05, 0) is 67.7 Å². The van der Waals surface area contributed by atoms with Crippen molar-refractivity contribution in [1.29, 1.82) is 0 Å². The molecule has 4 unspecified atom stereocenters. The predicted octanol–water partition coefficient (Wildman–Crippen LogP) is 3.85. The van der Waals surface area contributed by atoms with Crippen LogP contribution in [0.2, 0.25) is 5.22 Å². The van der Waals surface area contributed by atoms with Crippen molar-refractivity contribution in [3.05, 3.63) is 23.1 Å². The number of hydrogen-bond acceptors (Lipinski definition) is 2. The van der Waals surface area contributed by atoms with E-state index in [1.54, 1.807) is 6.07 Å². The molecule has 0 amide bonds. The van der Waals surface area contributed by atoms with Gasteiger partial charge in [0.05, 0.1) is 6.54 Å². The molecule has 2 bridgehead atoms. The largest absolute Gasteiger partial charge is 0.448 e. The average Bonchev–Trinajstić information content (AvgIpc) is 3.01. The summed E-state index contributed by atoms with van der Waals surface area (Å²) in [4.78, 5) is 0. The monoisotopic (exact) mass is 253 g/mol. The Balaban J connectivity index is 1.52. The van der Waals surface area contributed by atoms with Crippen LogP contribution in [0.25, 0.3) is 0 Å². The Bertz CT molecular complexity index is 389. The van der Waals surface area contributed by atoms with Gasteiger partial charge in [-0.1, -0.05) is 6.42 Å². The third kappa shape index (κ3) is 2.38. The molecular weight excluding hydrogens is 234 g/mol. The maximum absolute atomic E-state index is 5.76. The fourth-order valence-electron chi connectivity index (χ4n) is 3.77. The van der Waals surface area contributed by atoms with Gasteiger partial charge >= 0.3 is 0 Å². The van der Waals surface area contributed by atoms with Crippen LogP contribution in [-0.4, -0.2) is 6.04 Å². The summed E-state index contributed by atoms with van der Waals surface area (Å²) in [6, 6.07) is 4.35. The highest BCUT2D eigenvalue weighted by molar-refractivity contribution is 6.28. The van der Waals surface area contributed by atoms with Crippen molar-refractivity contribution in [3.63, 3.8) is 0 Å². The lowest BCUT2D eigenvalue weighted by Crippen LogP contribution is -2.35. The first-order valence-corrected chi connectivity index (χ1v) is 7.08. The summed E-state index contributed by atoms with van der Waals surface area (Å²) >= 11 is 5.76. The predicted molar refractivity (Wildman–Crippen MR) is 69.0 cm³/mol. The van der Waals surface area contributed by atoms with Crippen molar-refractivity contribution >= 4 is 11.6 Å². The van der Waals surface area contributed by atoms with Gasteiger partial charge in [-0.25, -0.2) is 0 Å². The van der Waals surface area contributed by atoms with Gasteiger partial charge < -0.3 is 9.73 Å². The molecule has 1 N–H and O–H groups in total. The zero-order valence-corrected chi connectivity index (χ0v) is 11.0. The summed E-state index contributed by atoms with van der Waals surface area (Å²) in [6.45, 7) is 3.11. The van der Waals surface area contributed by atoms with Crippen molar-refractivity contribution in [2.24, 2.45) is 17.8 Å². The first kappa shape index (κ1) is 11.6. The molecule has 1 aromatic rings. The van der Waals surface area contributed by atoms with Crippen LogP contribution in [0.15, 0.2) is 16.5 Å². The average molecular weight is 254 g/mol. The van der Waals surface area contributed by atoms with E-state index >= 15 is 0 Å². The van der Waals surface area contributed by atoms with Crippen LogP contribution in [0.1, 0.15) is 38.4 Å². The van der Waals surface area contributed by atoms with Gasteiger partial charge in [0, 0.05) is 6.04 Å². The van der Waals surface area contributed by atoms with Crippen molar-refractivity contribution in [2.45, 2.75) is 45.2 Å². The summed E-state index contributed by atoms with van der Waals surface area (Å²) in [7, 11) is 0. The van der Waals surface area contributed by atoms with E-state index in [9.17, 15) is 0 Å². The fourth-order valence-corrected chi connectivity index (χ4v) is 3.93. The van der Waals surface area contributed by atoms with Gasteiger partial charge in [-0.15, -0.1) is 0 Å². The maximum Gasteiger partial charge on any atom is 0.193 e. The Labute approximate surface area is 108 Å². The Kier molecular flexibility index (Phi) is 3.18. The Hall–Kier alpha value is -0.470. The van der Waals surface area contributed by atoms with Gasteiger partial charge in [0.15, 0.2) is 5.22 Å². The molecule has 0 saturated heterocycles. The molecule has 1 aromatic heterocycles. The van der Waals surface area contributed by atoms with E-state index in [4.69, 9.17) is 16.0 Å². The van der Waals surface area contributed by atoms with E-state index < -0.39 is 0 Å². The summed E-state index contributed by atoms with van der Waals surface area (Å²) in [5.74, 6) is 3.80. The Morgan fingerprint density at radius 1 is 1.41 bits per heavy atom. The van der Waals surface area contributed by atoms with E-state index in [0.29, 0.717) is 11.3 Å². The summed E-state index contributed by atoms with van der Waals surface area (Å²) < 4.78 is 5.36. The smallest absolute Gasteiger partial charge is 0.193 e. The molecule has 2 aliphatic carbocycles. The van der Waals surface area contributed by atoms with Crippen molar-refractivity contribution < 1.29 is 4.42 Å². The van der Waals surface area contributed by atoms with Crippen LogP contribution in [0.5, 0.6) is 0 Å². The summed E-state index contributed by atoms with van der Waals surface area (Å²) in [5.41, 5.74) is 0. The zero-order valence-electron chi connectivity index (χ0n) is 10.3. The first-order chi connectivity index (χ1) is 8.22. The molecule has 0 aromatic carbocycles. The molecule has 0 aliphatic heterocycles. The van der Waals surface area contributed by atoms with Crippen LogP contribution in [-0.2, 0) is 6.54 Å². The fraction of sp³-hybridized carbons (Fsp3) is 0.714. The number of furan rings is 1. The molecular formula is C14H20ClNO. The normalized spacial score (nSPS) is 33.2. The van der Waals surface area contributed by atoms with Gasteiger partial charge in [0.1, 0.15) is 5.76 Å². The second kappa shape index (κ2) is 4.66. The maximum atomic E-state index is 5.76. The number of halogens is 1. The van der Waals surface area contributed by atoms with E-state index in [1.165, 1.54) is 25.7 Å². The van der Waals surface area contributed by atoms with Crippen LogP contribution in [0.3, 0.4) is 0 Å². The Morgan fingerprint density at radius 2 is 2.29 bits per heavy atom. The number of hydrogen-bond donors (Lipinski definition) is 1. The zero-order chi connectivity index (χ0) is 11.8. The van der Waals surface area contributed by atoms with Gasteiger partial charge in [-0.2, -0.15) is 0 Å². The van der Waals surface area contributed by atoms with Crippen LogP contribution in [0, 0.1) is 17.8 Å². The molecule has 0 radical (unpaired) electrons. The molecule has 4 atom stereocenters. The highest BCUT2D eigenvalue weighted by Crippen LogP contribution is 2.49. The quantitative estimate of drug-likeness (QED) is 0.882. The number of fused-ring (bicyclic) bond motifs is 2. The second-order valence-corrected chi connectivity index (χ2v) is 6.09. The molecule has 2 fully saturated rings. The highest BCUT2D eigenvalue weighted by Gasteiger charge is 2.41. The van der Waals surface area contributed by atoms with Gasteiger partial charge in [-0.3, -0.25) is 0 Å². The van der Waals surface area contributed by atoms with Gasteiger partial charge in [0.25, 0.3) is 0 Å². The SMILES string of the molecule is CC(NCc1ccc(Cl)o1)C1CC2CCC1C2. The molecule has 3 heteroatoms. The van der Waals surface area contributed by atoms with E-state index in [2.05, 4.69) is 12.2 Å². The number of nitrogens with one attached hydrogen (secondary N) is 1. The highest BCUT2D eigenvalue weighted by atomic mass is 35.5. The molecule has 2 nitrogen and oxygen atoms in total. The molecule has 0 spiro atoms. The molecule has 1 heterocycles. The van der Waals surface area contributed by atoms with Gasteiger partial charge in [0.2, 0.25) is 0 Å². The Morgan fingerprint density at radius 3 is 2.88 bits per heavy atom. The number of rotatable bonds is 4. The minimum Gasteiger partial charge on any atom is -0.448 e. The van der Waals surface area contributed by atoms with E-state index in [0.717, 1.165) is 30.1 Å². The van der Waals surface area contributed by atoms with Crippen LogP contribution < -0.4 is 5.32 Å². The molecule has 94 valence electrons. The topological polar surface area (TPSA) is 25.2 Å². The lowest BCUT2D eigenvalue weighted by atomic mass is 9.84. The molecule has 2 saturated carbocycles.